The number of carbonyl (C=O) groups excluding carboxylic acids is 5. The summed E-state index contributed by atoms with van der Waals surface area (Å²) in [5.41, 5.74) is 9.13. The Labute approximate surface area is 823 Å². The second-order valence-corrected chi connectivity index (χ2v) is 34.3. The summed E-state index contributed by atoms with van der Waals surface area (Å²) in [6.07, 6.45) is 9.71. The zero-order chi connectivity index (χ0) is 102. The molecule has 758 valence electrons. The lowest BCUT2D eigenvalue weighted by Crippen LogP contribution is -2.43. The monoisotopic (exact) mass is 1990 g/mol. The summed E-state index contributed by atoms with van der Waals surface area (Å²) in [6, 6.07) is 18.3. The molecule has 0 unspecified atom stereocenters. The third-order valence-corrected chi connectivity index (χ3v) is 23.6. The molecule has 6 atom stereocenters. The van der Waals surface area contributed by atoms with Gasteiger partial charge in [0.25, 0.3) is 40.7 Å². The highest BCUT2D eigenvalue weighted by molar-refractivity contribution is 6.03. The number of halogens is 2. The maximum Gasteiger partial charge on any atom is 0.290 e. The fraction of sp³-hybridized carbons (Fsp3) is 0.344. The number of benzene rings is 2. The van der Waals surface area contributed by atoms with Crippen LogP contribution in [0.15, 0.2) is 120 Å². The van der Waals surface area contributed by atoms with E-state index >= 15 is 0 Å². The average molecular weight is 1990 g/mol. The van der Waals surface area contributed by atoms with E-state index < -0.39 is 29.7 Å². The van der Waals surface area contributed by atoms with E-state index in [2.05, 4.69) is 140 Å². The average Bonchev–Trinajstić information content (AvgIpc) is 1.66. The number of aromatic nitrogens is 19. The molecule has 15 aromatic rings. The first-order chi connectivity index (χ1) is 70.0. The fourth-order valence-electron chi connectivity index (χ4n) is 16.5. The predicted octanol–water partition coefficient (Wildman–Crippen LogP) is 6.94. The van der Waals surface area contributed by atoms with Gasteiger partial charge in [0.1, 0.15) is 116 Å². The van der Waals surface area contributed by atoms with Crippen LogP contribution in [0.2, 0.25) is 0 Å². The normalized spacial score (nSPS) is 17.7. The Morgan fingerprint density at radius 2 is 0.779 bits per heavy atom. The topological polar surface area (TPSA) is 581 Å². The molecule has 50 nitrogen and oxygen atoms in total. The molecule has 0 saturated carbocycles. The van der Waals surface area contributed by atoms with Crippen LogP contribution in [0, 0.1) is 11.6 Å². The second kappa shape index (κ2) is 43.0. The van der Waals surface area contributed by atoms with Crippen LogP contribution in [0.1, 0.15) is 121 Å². The minimum Gasteiger partial charge on any atom is -0.493 e. The van der Waals surface area contributed by atoms with Gasteiger partial charge >= 0.3 is 0 Å². The Morgan fingerprint density at radius 3 is 1.20 bits per heavy atom. The van der Waals surface area contributed by atoms with Crippen LogP contribution in [0.25, 0.3) is 28.2 Å². The van der Waals surface area contributed by atoms with E-state index in [0.717, 1.165) is 35.9 Å². The van der Waals surface area contributed by atoms with Crippen LogP contribution in [-0.4, -0.2) is 253 Å². The molecule has 0 spiro atoms. The molecule has 21 rings (SSSR count). The maximum absolute atomic E-state index is 14.6. The number of aliphatic hydroxyl groups excluding tert-OH is 1. The molecule has 0 fully saturated rings. The largest absolute Gasteiger partial charge is 0.493 e. The molecule has 19 heterocycles. The van der Waals surface area contributed by atoms with Crippen LogP contribution < -0.4 is 110 Å². The van der Waals surface area contributed by atoms with Crippen molar-refractivity contribution < 1.29 is 75.8 Å². The van der Waals surface area contributed by atoms with E-state index in [-0.39, 0.29) is 119 Å². The highest BCUT2D eigenvalue weighted by Gasteiger charge is 2.31. The summed E-state index contributed by atoms with van der Waals surface area (Å²) < 4.78 is 84.1. The number of nitrogens with zero attached hydrogens (tertiary/aromatic N) is 19. The Morgan fingerprint density at radius 1 is 0.407 bits per heavy atom. The summed E-state index contributed by atoms with van der Waals surface area (Å²) >= 11 is 0. The van der Waals surface area contributed by atoms with Gasteiger partial charge in [-0.15, -0.1) is 0 Å². The number of fused-ring (bicyclic) bond motifs is 17. The van der Waals surface area contributed by atoms with Crippen LogP contribution >= 0.6 is 0 Å². The first kappa shape index (κ1) is 99.3. The van der Waals surface area contributed by atoms with Crippen molar-refractivity contribution in [3.8, 4) is 23.0 Å². The lowest BCUT2D eigenvalue weighted by Gasteiger charge is -2.21. The lowest BCUT2D eigenvalue weighted by atomic mass is 10.1. The third kappa shape index (κ3) is 21.4. The molecule has 6 aliphatic heterocycles. The van der Waals surface area contributed by atoms with Gasteiger partial charge in [-0.3, -0.25) is 38.5 Å². The molecule has 5 amide bonds. The summed E-state index contributed by atoms with van der Waals surface area (Å²) in [6.45, 7) is 12.0. The van der Waals surface area contributed by atoms with Crippen molar-refractivity contribution in [2.24, 2.45) is 7.05 Å². The smallest absolute Gasteiger partial charge is 0.290 e. The number of anilines is 15. The van der Waals surface area contributed by atoms with Crippen molar-refractivity contribution in [1.82, 2.24) is 119 Å². The van der Waals surface area contributed by atoms with Crippen molar-refractivity contribution in [3.05, 3.63) is 198 Å². The molecule has 145 heavy (non-hydrogen) atoms. The van der Waals surface area contributed by atoms with Gasteiger partial charge < -0.3 is 127 Å². The number of rotatable bonds is 8. The Hall–Kier alpha value is -17.3. The molecule has 13 aromatic heterocycles. The zero-order valence-corrected chi connectivity index (χ0v) is 81.2. The molecular formula is C93H106F2N34O16. The number of ether oxygens (including phenoxy) is 8. The lowest BCUT2D eigenvalue weighted by molar-refractivity contribution is 0.0679. The van der Waals surface area contributed by atoms with E-state index in [1.807, 2.05) is 44.4 Å². The van der Waals surface area contributed by atoms with Crippen LogP contribution in [0.5, 0.6) is 23.0 Å². The number of hydrogen-bond acceptors (Lipinski definition) is 38. The zero-order valence-electron chi connectivity index (χ0n) is 81.2. The minimum atomic E-state index is -1.03. The minimum absolute atomic E-state index is 0.0254. The number of hydrogen-bond donors (Lipinski definition) is 16. The molecular weight excluding hydrogens is 1890 g/mol. The summed E-state index contributed by atoms with van der Waals surface area (Å²) in [4.78, 5) is 116. The van der Waals surface area contributed by atoms with Crippen molar-refractivity contribution in [3.63, 3.8) is 0 Å². The molecule has 0 aliphatic carbocycles. The molecule has 0 saturated heterocycles. The van der Waals surface area contributed by atoms with Gasteiger partial charge in [0, 0.05) is 121 Å². The van der Waals surface area contributed by atoms with Crippen molar-refractivity contribution in [1.29, 1.82) is 0 Å². The molecule has 16 N–H and O–H groups in total. The van der Waals surface area contributed by atoms with Crippen LogP contribution in [0.3, 0.4) is 0 Å². The molecule has 0 radical (unpaired) electrons. The molecule has 52 heteroatoms. The van der Waals surface area contributed by atoms with Gasteiger partial charge in [0.15, 0.2) is 57.1 Å². The van der Waals surface area contributed by atoms with Gasteiger partial charge in [-0.2, -0.15) is 53.2 Å². The van der Waals surface area contributed by atoms with E-state index in [1.54, 1.807) is 120 Å². The van der Waals surface area contributed by atoms with E-state index in [9.17, 15) is 47.4 Å². The van der Waals surface area contributed by atoms with Crippen LogP contribution in [-0.2, 0) is 65.4 Å². The standard InChI is InChI=1S/C20H23N7O3.C19H21FN6O4.C19H21FN6O3.C18H21N7O3.C17H20N8O3/c1-11-9-30-10-12-6-14(20(29)26-5-3-4-15(12)26)24-16-7-17(21-2)27-18(25-16)13(8-22-27)19(28)23-11;1-9-14(27)8-30-10-4-12(20)17(29-3)13(5-10)24-15-6-16(21-2)26-18(25-15)11(7-22-26)19(28)23-9;1-10-8-29-9-11-4-13(20)17(28-3)14(5-11)24-15-6-16(21-2)26-18(25-15)12(7-22-26)19(27)23-10;1-10-8-28-9-11-4-13(14(27-3)7-20-11)23-15-5-16(19-2)25-17(24-15)12(6-21-25)18(26)22-10;1-9-7-28-8-10-4-12(17(27)24(3)23-10)21-13-5-14(18-2)25-15(22-13)11(6-19-25)16(26)20-9/h6-8,11,21H,3-5,9-10H2,1-2H3,(H,23,28)(H,24,25);4-7,9,14,21,27H,8H2,1-3H3,(H,23,28)(H,24,25);4-7,10,21H,8-9H2,1-3H3,(H,23,27)(H,24,25);4-7,10,19H,8-9H2,1-3H3,(H,22,26)(H,23,24);4-6,9,18H,7-8H2,1-3H3,(H,20,26)(H,21,22)/t11-;9-,14-;2*10-;9-/m11111/s1. The summed E-state index contributed by atoms with van der Waals surface area (Å²) in [5.74, 6) is 3.28. The predicted molar refractivity (Wildman–Crippen MR) is 529 cm³/mol. The highest BCUT2D eigenvalue weighted by Crippen LogP contribution is 2.39. The number of nitrogens with one attached hydrogen (secondary N) is 15. The molecule has 20 bridgehead atoms. The first-order valence-corrected chi connectivity index (χ1v) is 45.9. The maximum atomic E-state index is 14.6. The van der Waals surface area contributed by atoms with E-state index in [0.29, 0.717) is 182 Å². The Balaban J connectivity index is 0.000000124. The van der Waals surface area contributed by atoms with Gasteiger partial charge in [-0.05, 0) is 88.9 Å². The number of aliphatic hydroxyl groups is 1. The van der Waals surface area contributed by atoms with Gasteiger partial charge in [-0.1, -0.05) is 0 Å². The fourth-order valence-corrected chi connectivity index (χ4v) is 16.5. The molecule has 2 aromatic carbocycles. The summed E-state index contributed by atoms with van der Waals surface area (Å²) in [7, 11) is 14.6. The first-order valence-electron chi connectivity index (χ1n) is 45.9. The third-order valence-electron chi connectivity index (χ3n) is 23.6. The van der Waals surface area contributed by atoms with Crippen molar-refractivity contribution in [2.45, 2.75) is 117 Å². The molecule has 6 aliphatic rings. The Kier molecular flexibility index (Phi) is 29.5. The van der Waals surface area contributed by atoms with Gasteiger partial charge in [-0.25, -0.2) is 38.4 Å². The van der Waals surface area contributed by atoms with Gasteiger partial charge in [0.05, 0.1) is 146 Å². The number of carbonyl (C=O) groups is 5. The number of amides is 5. The van der Waals surface area contributed by atoms with Crippen LogP contribution in [0.4, 0.5) is 95.4 Å². The summed E-state index contributed by atoms with van der Waals surface area (Å²) in [5, 5.41) is 80.9. The van der Waals surface area contributed by atoms with Gasteiger partial charge in [0.2, 0.25) is 0 Å². The highest BCUT2D eigenvalue weighted by atomic mass is 19.1. The SMILES string of the molecule is CNc1cc2nc3c(cnn13)C(=O)N[C@H](C)COCc1cc(F)c(OC)c(c1)N2.CNc1cc2nc3c(cnn13)C(=O)N[C@H](C)COCc1cc(c(=O)n(C)n1)N2.CNc1cc2nc3c(cnn13)C(=O)N[C@H](C)COCc1cc(c(=O)n3c1CCC3)N2.CNc1cc2nc3c(cnn13)C(=O)N[C@H](C)COCc1cc(c(OC)cn1)N2.CNc1cc2nc3c(cnn13)C(=O)N[C@H](C)[C@H](O)COc1cc(F)c(OC)c(c1)N2. The van der Waals surface area contributed by atoms with E-state index in [4.69, 9.17) is 37.9 Å². The second-order valence-electron chi connectivity index (χ2n) is 34.3. The Bertz CT molecular complexity index is 7610. The number of pyridine rings is 2. The van der Waals surface area contributed by atoms with Crippen molar-refractivity contribution >= 4 is 144 Å². The van der Waals surface area contributed by atoms with E-state index in [1.165, 1.54) is 69.5 Å². The number of aryl methyl sites for hydroxylation is 1. The number of methoxy groups -OCH3 is 3. The quantitative estimate of drug-likeness (QED) is 0.0732. The van der Waals surface area contributed by atoms with Crippen molar-refractivity contribution in [2.75, 3.05) is 143 Å².